The standard InChI is InChI=1S/C31H31BClNO5/c1-30(2)31(3,4)39-32(38-30)22(14-20-13-21(18-35)16-23(33)15-20)17-34-29(36)37-19-28-26-11-7-5-9-24(26)25-10-6-8-12-27(25)28/h5-16,18,28H,17,19H2,1-4H3,(H,34,36). The van der Waals surface area contributed by atoms with E-state index in [1.807, 2.05) is 58.0 Å². The summed E-state index contributed by atoms with van der Waals surface area (Å²) in [6.07, 6.45) is 2.02. The van der Waals surface area contributed by atoms with Gasteiger partial charge in [0.25, 0.3) is 0 Å². The number of nitrogens with one attached hydrogen (secondary N) is 1. The van der Waals surface area contributed by atoms with Crippen LogP contribution in [-0.2, 0) is 14.0 Å². The summed E-state index contributed by atoms with van der Waals surface area (Å²) >= 11 is 6.22. The maximum Gasteiger partial charge on any atom is 0.492 e. The van der Waals surface area contributed by atoms with E-state index in [0.29, 0.717) is 21.6 Å². The molecule has 1 heterocycles. The summed E-state index contributed by atoms with van der Waals surface area (Å²) in [5.41, 5.74) is 5.32. The minimum atomic E-state index is -0.706. The Morgan fingerprint density at radius 1 is 0.949 bits per heavy atom. The first-order valence-electron chi connectivity index (χ1n) is 13.0. The molecule has 0 saturated carbocycles. The van der Waals surface area contributed by atoms with Gasteiger partial charge in [-0.2, -0.15) is 0 Å². The molecule has 1 fully saturated rings. The van der Waals surface area contributed by atoms with E-state index in [0.717, 1.165) is 17.4 Å². The Hall–Kier alpha value is -3.39. The molecule has 0 bridgehead atoms. The monoisotopic (exact) mass is 543 g/mol. The van der Waals surface area contributed by atoms with E-state index in [4.69, 9.17) is 25.6 Å². The number of benzene rings is 3. The zero-order valence-electron chi connectivity index (χ0n) is 22.5. The lowest BCUT2D eigenvalue weighted by Crippen LogP contribution is -2.41. The fourth-order valence-electron chi connectivity index (χ4n) is 5.02. The van der Waals surface area contributed by atoms with E-state index in [-0.39, 0.29) is 19.1 Å². The van der Waals surface area contributed by atoms with Gasteiger partial charge in [-0.25, -0.2) is 4.79 Å². The Labute approximate surface area is 234 Å². The first kappa shape index (κ1) is 27.2. The summed E-state index contributed by atoms with van der Waals surface area (Å²) < 4.78 is 18.2. The molecule has 39 heavy (non-hydrogen) atoms. The molecule has 1 aliphatic heterocycles. The number of hydrogen-bond donors (Lipinski definition) is 1. The molecule has 200 valence electrons. The Balaban J connectivity index is 1.32. The first-order valence-corrected chi connectivity index (χ1v) is 13.4. The van der Waals surface area contributed by atoms with Gasteiger partial charge in [-0.15, -0.1) is 0 Å². The molecular weight excluding hydrogens is 513 g/mol. The summed E-state index contributed by atoms with van der Waals surface area (Å²) in [6.45, 7) is 8.20. The lowest BCUT2D eigenvalue weighted by molar-refractivity contribution is 0.00578. The van der Waals surface area contributed by atoms with Crippen molar-refractivity contribution in [2.24, 2.45) is 0 Å². The van der Waals surface area contributed by atoms with Crippen LogP contribution in [0.3, 0.4) is 0 Å². The average Bonchev–Trinajstić information content (AvgIpc) is 3.33. The van der Waals surface area contributed by atoms with Gasteiger partial charge < -0.3 is 19.4 Å². The zero-order chi connectivity index (χ0) is 27.8. The van der Waals surface area contributed by atoms with Crippen molar-refractivity contribution < 1.29 is 23.6 Å². The maximum atomic E-state index is 12.9. The van der Waals surface area contributed by atoms with Crippen LogP contribution >= 0.6 is 11.6 Å². The molecule has 8 heteroatoms. The van der Waals surface area contributed by atoms with Crippen LogP contribution in [0.25, 0.3) is 17.2 Å². The van der Waals surface area contributed by atoms with Crippen molar-refractivity contribution in [2.75, 3.05) is 13.2 Å². The number of ether oxygens (including phenoxy) is 1. The summed E-state index contributed by atoms with van der Waals surface area (Å²) in [4.78, 5) is 24.3. The highest BCUT2D eigenvalue weighted by Crippen LogP contribution is 2.44. The third-order valence-corrected chi connectivity index (χ3v) is 7.99. The van der Waals surface area contributed by atoms with Crippen molar-refractivity contribution in [3.8, 4) is 11.1 Å². The number of aldehydes is 1. The number of alkyl carbamates (subject to hydrolysis) is 1. The topological polar surface area (TPSA) is 73.9 Å². The van der Waals surface area contributed by atoms with Gasteiger partial charge in [0.2, 0.25) is 0 Å². The van der Waals surface area contributed by atoms with E-state index < -0.39 is 24.4 Å². The molecule has 0 unspecified atom stereocenters. The molecule has 5 rings (SSSR count). The van der Waals surface area contributed by atoms with Crippen LogP contribution in [0.5, 0.6) is 0 Å². The molecule has 0 radical (unpaired) electrons. The molecule has 2 aliphatic rings. The number of hydrogen-bond acceptors (Lipinski definition) is 5. The second-order valence-electron chi connectivity index (χ2n) is 10.9. The first-order chi connectivity index (χ1) is 18.6. The Kier molecular flexibility index (Phi) is 7.42. The minimum Gasteiger partial charge on any atom is -0.449 e. The second kappa shape index (κ2) is 10.6. The highest BCUT2D eigenvalue weighted by Gasteiger charge is 2.52. The highest BCUT2D eigenvalue weighted by molar-refractivity contribution is 6.56. The van der Waals surface area contributed by atoms with E-state index >= 15 is 0 Å². The van der Waals surface area contributed by atoms with Crippen molar-refractivity contribution >= 4 is 37.2 Å². The summed E-state index contributed by atoms with van der Waals surface area (Å²) in [7, 11) is -0.706. The average molecular weight is 544 g/mol. The molecular formula is C31H31BClNO5. The number of rotatable bonds is 7. The summed E-state index contributed by atoms with van der Waals surface area (Å²) in [6, 6.07) is 21.5. The Morgan fingerprint density at radius 3 is 2.10 bits per heavy atom. The van der Waals surface area contributed by atoms with Crippen LogP contribution < -0.4 is 5.32 Å². The van der Waals surface area contributed by atoms with Crippen LogP contribution in [-0.4, -0.2) is 43.9 Å². The van der Waals surface area contributed by atoms with Crippen molar-refractivity contribution in [3.63, 3.8) is 0 Å². The van der Waals surface area contributed by atoms with Crippen LogP contribution in [0.1, 0.15) is 60.7 Å². The lowest BCUT2D eigenvalue weighted by Gasteiger charge is -2.32. The molecule has 3 aromatic carbocycles. The van der Waals surface area contributed by atoms with Gasteiger partial charge in [-0.1, -0.05) is 66.2 Å². The smallest absolute Gasteiger partial charge is 0.449 e. The molecule has 0 aromatic heterocycles. The van der Waals surface area contributed by atoms with Crippen molar-refractivity contribution in [3.05, 3.63) is 99.5 Å². The zero-order valence-corrected chi connectivity index (χ0v) is 23.2. The molecule has 0 spiro atoms. The predicted octanol–water partition coefficient (Wildman–Crippen LogP) is 6.71. The Morgan fingerprint density at radius 2 is 1.51 bits per heavy atom. The van der Waals surface area contributed by atoms with Gasteiger partial charge in [-0.3, -0.25) is 4.79 Å². The fraction of sp³-hybridized carbons (Fsp3) is 0.290. The predicted molar refractivity (Wildman–Crippen MR) is 154 cm³/mol. The largest absolute Gasteiger partial charge is 0.492 e. The maximum absolute atomic E-state index is 12.9. The molecule has 1 saturated heterocycles. The van der Waals surface area contributed by atoms with E-state index in [2.05, 4.69) is 29.6 Å². The van der Waals surface area contributed by atoms with Gasteiger partial charge in [0.1, 0.15) is 12.9 Å². The normalized spacial score (nSPS) is 17.5. The molecule has 0 atom stereocenters. The van der Waals surface area contributed by atoms with Gasteiger partial charge in [-0.05, 0) is 79.2 Å². The third-order valence-electron chi connectivity index (χ3n) is 7.77. The quantitative estimate of drug-likeness (QED) is 0.265. The Bertz CT molecular complexity index is 1390. The van der Waals surface area contributed by atoms with E-state index in [1.54, 1.807) is 18.2 Å². The number of fused-ring (bicyclic) bond motifs is 3. The van der Waals surface area contributed by atoms with Crippen molar-refractivity contribution in [1.29, 1.82) is 0 Å². The van der Waals surface area contributed by atoms with E-state index in [1.165, 1.54) is 11.1 Å². The lowest BCUT2D eigenvalue weighted by atomic mass is 9.77. The van der Waals surface area contributed by atoms with Crippen LogP contribution in [0.2, 0.25) is 5.02 Å². The van der Waals surface area contributed by atoms with Gasteiger partial charge >= 0.3 is 13.2 Å². The summed E-state index contributed by atoms with van der Waals surface area (Å²) in [5, 5.41) is 3.29. The van der Waals surface area contributed by atoms with Gasteiger partial charge in [0.05, 0.1) is 11.2 Å². The minimum absolute atomic E-state index is 0.0329. The molecule has 6 nitrogen and oxygen atoms in total. The van der Waals surface area contributed by atoms with Crippen molar-refractivity contribution in [2.45, 2.75) is 44.8 Å². The van der Waals surface area contributed by atoms with Crippen LogP contribution in [0.4, 0.5) is 4.79 Å². The molecule has 3 aromatic rings. The molecule has 1 aliphatic carbocycles. The second-order valence-corrected chi connectivity index (χ2v) is 11.4. The number of carbonyl (C=O) groups excluding carboxylic acids is 2. The van der Waals surface area contributed by atoms with Crippen molar-refractivity contribution in [1.82, 2.24) is 5.32 Å². The van der Waals surface area contributed by atoms with Crippen LogP contribution in [0, 0.1) is 0 Å². The van der Waals surface area contributed by atoms with Gasteiger partial charge in [0.15, 0.2) is 0 Å². The SMILES string of the molecule is CC1(C)OB(C(=Cc2cc(Cl)cc(C=O)c2)CNC(=O)OCC2c3ccccc3-c3ccccc32)OC1(C)C. The molecule has 1 amide bonds. The number of amides is 1. The highest BCUT2D eigenvalue weighted by atomic mass is 35.5. The van der Waals surface area contributed by atoms with Gasteiger partial charge in [0, 0.05) is 23.0 Å². The number of halogens is 1. The number of carbonyl (C=O) groups is 2. The van der Waals surface area contributed by atoms with E-state index in [9.17, 15) is 9.59 Å². The molecule has 1 N–H and O–H groups in total. The third kappa shape index (κ3) is 5.53. The van der Waals surface area contributed by atoms with Crippen LogP contribution in [0.15, 0.2) is 72.2 Å². The summed E-state index contributed by atoms with van der Waals surface area (Å²) in [5.74, 6) is -0.0329. The fourth-order valence-corrected chi connectivity index (χ4v) is 5.27.